The van der Waals surface area contributed by atoms with Gasteiger partial charge in [-0.3, -0.25) is 10.4 Å². The van der Waals surface area contributed by atoms with Crippen molar-refractivity contribution in [2.75, 3.05) is 62.1 Å². The van der Waals surface area contributed by atoms with Crippen molar-refractivity contribution in [3.63, 3.8) is 0 Å². The molecule has 0 spiro atoms. The van der Waals surface area contributed by atoms with Gasteiger partial charge in [0.25, 0.3) is 0 Å². The minimum atomic E-state index is -0.102. The topological polar surface area (TPSA) is 132 Å². The number of likely N-dealkylation sites (N-methyl/N-ethyl adjacent to an activating group) is 1. The summed E-state index contributed by atoms with van der Waals surface area (Å²) in [5, 5.41) is 54.6. The number of hydrazine groups is 1. The van der Waals surface area contributed by atoms with E-state index < -0.39 is 0 Å². The van der Waals surface area contributed by atoms with Gasteiger partial charge >= 0.3 is 0 Å². The first-order chi connectivity index (χ1) is 14.6. The van der Waals surface area contributed by atoms with Crippen LogP contribution < -0.4 is 26.4 Å². The lowest BCUT2D eigenvalue weighted by Gasteiger charge is -2.21. The molecule has 3 aromatic carbocycles. The third kappa shape index (κ3) is 3.26. The van der Waals surface area contributed by atoms with Crippen LogP contribution in [0, 0.1) is 0 Å². The highest BCUT2D eigenvalue weighted by atomic mass is 16.3. The number of aliphatic hydroxyl groups is 1. The third-order valence-electron chi connectivity index (χ3n) is 5.35. The Morgan fingerprint density at radius 1 is 0.867 bits per heavy atom. The smallest absolute Gasteiger partial charge is 0.137 e. The van der Waals surface area contributed by atoms with Crippen molar-refractivity contribution in [1.29, 1.82) is 0 Å². The molecule has 1 aliphatic heterocycles. The molecule has 0 saturated carbocycles. The van der Waals surface area contributed by atoms with Gasteiger partial charge in [-0.05, 0) is 31.3 Å². The van der Waals surface area contributed by atoms with Gasteiger partial charge in [0.15, 0.2) is 0 Å². The van der Waals surface area contributed by atoms with Gasteiger partial charge < -0.3 is 36.4 Å². The van der Waals surface area contributed by atoms with E-state index in [0.29, 0.717) is 42.6 Å². The lowest BCUT2D eigenvalue weighted by atomic mass is 9.96. The Bertz CT molecular complexity index is 1090. The van der Waals surface area contributed by atoms with E-state index in [1.807, 2.05) is 24.2 Å². The van der Waals surface area contributed by atoms with E-state index in [1.165, 1.54) is 12.1 Å². The average Bonchev–Trinajstić information content (AvgIpc) is 3.10. The molecule has 1 heterocycles. The Kier molecular flexibility index (Phi) is 5.58. The fourth-order valence-electron chi connectivity index (χ4n) is 3.99. The Balaban J connectivity index is 1.89. The zero-order chi connectivity index (χ0) is 21.3. The zero-order valence-corrected chi connectivity index (χ0v) is 16.8. The van der Waals surface area contributed by atoms with Crippen LogP contribution in [-0.4, -0.2) is 66.8 Å². The molecule has 0 bridgehead atoms. The maximum Gasteiger partial charge on any atom is 0.137 e. The average molecular weight is 413 g/mol. The molecule has 0 unspecified atom stereocenters. The quantitative estimate of drug-likeness (QED) is 0.149. The predicted octanol–water partition coefficient (Wildman–Crippen LogP) is 1.47. The molecule has 8 N–H and O–H groups in total. The van der Waals surface area contributed by atoms with Gasteiger partial charge in [0.05, 0.1) is 40.7 Å². The SMILES string of the molecule is CNCCNc1ccc2c3c(c4c(O)ccc(O)c4c(O)c13)NN2CCNCCO. The van der Waals surface area contributed by atoms with E-state index in [4.69, 9.17) is 5.11 Å². The number of anilines is 3. The maximum absolute atomic E-state index is 11.1. The zero-order valence-electron chi connectivity index (χ0n) is 16.8. The molecule has 0 fully saturated rings. The summed E-state index contributed by atoms with van der Waals surface area (Å²) in [6, 6.07) is 6.66. The fraction of sp³-hybridized carbons (Fsp3) is 0.333. The molecule has 0 aromatic heterocycles. The summed E-state index contributed by atoms with van der Waals surface area (Å²) in [6.07, 6.45) is 0. The lowest BCUT2D eigenvalue weighted by molar-refractivity contribution is 0.293. The van der Waals surface area contributed by atoms with Crippen LogP contribution >= 0.6 is 0 Å². The van der Waals surface area contributed by atoms with Gasteiger partial charge in [0, 0.05) is 37.3 Å². The first-order valence-corrected chi connectivity index (χ1v) is 9.99. The number of nitrogens with zero attached hydrogens (tertiary/aromatic N) is 1. The number of nitrogens with one attached hydrogen (secondary N) is 4. The standard InChI is InChI=1S/C21H27N5O4/c1-22-6-7-24-12-2-3-13-17-16(12)21(30)19-15(29)5-4-14(28)18(19)20(17)25-26(13)10-8-23-9-11-27/h2-5,22-25,27-30H,6-11H2,1H3. The normalized spacial score (nSPS) is 12.7. The van der Waals surface area contributed by atoms with Gasteiger partial charge in [0.2, 0.25) is 0 Å². The summed E-state index contributed by atoms with van der Waals surface area (Å²) in [6.45, 7) is 3.20. The molecule has 0 saturated heterocycles. The van der Waals surface area contributed by atoms with E-state index >= 15 is 0 Å². The molecule has 3 aromatic rings. The van der Waals surface area contributed by atoms with Crippen molar-refractivity contribution >= 4 is 38.6 Å². The highest BCUT2D eigenvalue weighted by Crippen LogP contribution is 2.54. The number of phenols is 3. The van der Waals surface area contributed by atoms with Crippen molar-refractivity contribution in [2.24, 2.45) is 0 Å². The lowest BCUT2D eigenvalue weighted by Crippen LogP contribution is -2.35. The number of phenolic OH excluding ortho intramolecular Hbond substituents is 3. The monoisotopic (exact) mass is 413 g/mol. The molecule has 1 aliphatic rings. The molecule has 160 valence electrons. The number of rotatable bonds is 9. The van der Waals surface area contributed by atoms with E-state index in [0.717, 1.165) is 23.3 Å². The van der Waals surface area contributed by atoms with Crippen molar-refractivity contribution in [3.8, 4) is 17.2 Å². The number of fused-ring (bicyclic) bond motifs is 2. The second kappa shape index (κ2) is 8.31. The van der Waals surface area contributed by atoms with Crippen LogP contribution in [0.1, 0.15) is 0 Å². The fourth-order valence-corrected chi connectivity index (χ4v) is 3.99. The largest absolute Gasteiger partial charge is 0.507 e. The summed E-state index contributed by atoms with van der Waals surface area (Å²) < 4.78 is 0. The number of benzene rings is 3. The highest BCUT2D eigenvalue weighted by Gasteiger charge is 2.29. The number of hydrogen-bond donors (Lipinski definition) is 8. The van der Waals surface area contributed by atoms with Crippen LogP contribution in [0.5, 0.6) is 17.2 Å². The molecule has 9 nitrogen and oxygen atoms in total. The van der Waals surface area contributed by atoms with Crippen molar-refractivity contribution in [1.82, 2.24) is 10.6 Å². The summed E-state index contributed by atoms with van der Waals surface area (Å²) in [5.41, 5.74) is 5.58. The molecule has 4 rings (SSSR count). The molecule has 9 heteroatoms. The third-order valence-corrected chi connectivity index (χ3v) is 5.35. The second-order valence-electron chi connectivity index (χ2n) is 7.23. The van der Waals surface area contributed by atoms with E-state index in [1.54, 1.807) is 0 Å². The van der Waals surface area contributed by atoms with Gasteiger partial charge in [-0.15, -0.1) is 0 Å². The van der Waals surface area contributed by atoms with E-state index in [9.17, 15) is 15.3 Å². The molecule has 0 atom stereocenters. The Labute approximate surface area is 173 Å². The summed E-state index contributed by atoms with van der Waals surface area (Å²) in [5.74, 6) is -0.204. The molecule has 30 heavy (non-hydrogen) atoms. The minimum Gasteiger partial charge on any atom is -0.507 e. The van der Waals surface area contributed by atoms with Crippen LogP contribution in [0.3, 0.4) is 0 Å². The van der Waals surface area contributed by atoms with Gasteiger partial charge in [-0.25, -0.2) is 0 Å². The van der Waals surface area contributed by atoms with Crippen LogP contribution in [0.4, 0.5) is 17.1 Å². The maximum atomic E-state index is 11.1. The number of aromatic hydroxyl groups is 3. The molecule has 0 radical (unpaired) electrons. The Morgan fingerprint density at radius 2 is 1.63 bits per heavy atom. The molecular weight excluding hydrogens is 386 g/mol. The first kappa shape index (κ1) is 20.1. The summed E-state index contributed by atoms with van der Waals surface area (Å²) in [7, 11) is 1.87. The first-order valence-electron chi connectivity index (χ1n) is 9.99. The number of aliphatic hydroxyl groups excluding tert-OH is 1. The van der Waals surface area contributed by atoms with Crippen molar-refractivity contribution in [2.45, 2.75) is 0 Å². The molecular formula is C21H27N5O4. The molecule has 0 aliphatic carbocycles. The van der Waals surface area contributed by atoms with E-state index in [2.05, 4.69) is 21.4 Å². The van der Waals surface area contributed by atoms with Crippen LogP contribution in [-0.2, 0) is 0 Å². The van der Waals surface area contributed by atoms with Gasteiger partial charge in [0.1, 0.15) is 17.2 Å². The number of hydrogen-bond acceptors (Lipinski definition) is 9. The van der Waals surface area contributed by atoms with Gasteiger partial charge in [-0.1, -0.05) is 0 Å². The Morgan fingerprint density at radius 3 is 2.37 bits per heavy atom. The summed E-state index contributed by atoms with van der Waals surface area (Å²) in [4.78, 5) is 0. The highest BCUT2D eigenvalue weighted by molar-refractivity contribution is 6.27. The predicted molar refractivity (Wildman–Crippen MR) is 120 cm³/mol. The van der Waals surface area contributed by atoms with Crippen LogP contribution in [0.2, 0.25) is 0 Å². The van der Waals surface area contributed by atoms with Crippen LogP contribution in [0.15, 0.2) is 24.3 Å². The van der Waals surface area contributed by atoms with Gasteiger partial charge in [-0.2, -0.15) is 0 Å². The Hall–Kier alpha value is -3.14. The summed E-state index contributed by atoms with van der Waals surface area (Å²) >= 11 is 0. The van der Waals surface area contributed by atoms with Crippen molar-refractivity contribution in [3.05, 3.63) is 24.3 Å². The van der Waals surface area contributed by atoms with Crippen molar-refractivity contribution < 1.29 is 20.4 Å². The van der Waals surface area contributed by atoms with Crippen LogP contribution in [0.25, 0.3) is 21.5 Å². The minimum absolute atomic E-state index is 0.0257. The van der Waals surface area contributed by atoms with E-state index in [-0.39, 0.29) is 29.2 Å². The second-order valence-corrected chi connectivity index (χ2v) is 7.23. The molecule has 0 amide bonds.